The minimum absolute atomic E-state index is 0.641. The number of hydrogen-bond donors (Lipinski definition) is 0. The van der Waals surface area contributed by atoms with Crippen molar-refractivity contribution in [3.05, 3.63) is 119 Å². The summed E-state index contributed by atoms with van der Waals surface area (Å²) in [4.78, 5) is 4.96. The molecule has 31 heavy (non-hydrogen) atoms. The zero-order valence-corrected chi connectivity index (χ0v) is 19.9. The summed E-state index contributed by atoms with van der Waals surface area (Å²) in [6.45, 7) is 0. The van der Waals surface area contributed by atoms with Gasteiger partial charge >= 0.3 is 197 Å². The van der Waals surface area contributed by atoms with Gasteiger partial charge in [0.1, 0.15) is 0 Å². The van der Waals surface area contributed by atoms with Gasteiger partial charge in [-0.15, -0.1) is 0 Å². The van der Waals surface area contributed by atoms with Crippen molar-refractivity contribution in [3.63, 3.8) is 0 Å². The number of benzene rings is 4. The minimum atomic E-state index is -3.37. The Morgan fingerprint density at radius 3 is 1.65 bits per heavy atom. The molecule has 1 nitrogen and oxygen atoms in total. The van der Waals surface area contributed by atoms with E-state index in [1.165, 1.54) is 0 Å². The summed E-state index contributed by atoms with van der Waals surface area (Å²) in [6, 6.07) is 37.4. The summed E-state index contributed by atoms with van der Waals surface area (Å²) in [5.74, 6) is -3.37. The topological polar surface area (TPSA) is 12.9 Å². The number of aromatic nitrogens is 1. The molecule has 1 heterocycles. The molecule has 0 fully saturated rings. The van der Waals surface area contributed by atoms with Crippen molar-refractivity contribution < 1.29 is 0 Å². The number of hydrogen-bond acceptors (Lipinski definition) is 2. The maximum absolute atomic E-state index is 8.14. The Balaban J connectivity index is 1.83. The van der Waals surface area contributed by atoms with Gasteiger partial charge in [0.2, 0.25) is 0 Å². The van der Waals surface area contributed by atoms with Crippen LogP contribution in [-0.2, 0) is 6.16 Å². The third kappa shape index (κ3) is 3.49. The van der Waals surface area contributed by atoms with E-state index in [2.05, 4.69) is 72.8 Å². The molecule has 0 amide bonds. The molecule has 0 aliphatic heterocycles. The molecule has 154 valence electrons. The third-order valence-electron chi connectivity index (χ3n) is 5.71. The van der Waals surface area contributed by atoms with Crippen molar-refractivity contribution in [1.29, 1.82) is 0 Å². The van der Waals surface area contributed by atoms with Gasteiger partial charge in [-0.05, 0) is 0 Å². The second-order valence-corrected chi connectivity index (χ2v) is 15.6. The van der Waals surface area contributed by atoms with Crippen LogP contribution in [0, 0.1) is 0 Å². The summed E-state index contributed by atoms with van der Waals surface area (Å²) < 4.78 is 1.12. The van der Waals surface area contributed by atoms with Crippen LogP contribution in [-0.4, -0.2) is 4.98 Å². The Hall–Kier alpha value is -2.22. The first-order valence-corrected chi connectivity index (χ1v) is 14.5. The van der Waals surface area contributed by atoms with Crippen LogP contribution in [0.4, 0.5) is 0 Å². The van der Waals surface area contributed by atoms with Crippen LogP contribution >= 0.6 is 40.1 Å². The number of thiazole rings is 1. The van der Waals surface area contributed by atoms with Crippen molar-refractivity contribution in [2.45, 2.75) is 6.16 Å². The molecule has 0 bridgehead atoms. The van der Waals surface area contributed by atoms with E-state index in [4.69, 9.17) is 27.8 Å². The first kappa shape index (κ1) is 20.7. The quantitative estimate of drug-likeness (QED) is 0.244. The van der Waals surface area contributed by atoms with Gasteiger partial charge in [-0.2, -0.15) is 0 Å². The van der Waals surface area contributed by atoms with Gasteiger partial charge in [-0.1, -0.05) is 0 Å². The molecule has 0 saturated heterocycles. The molecule has 0 spiro atoms. The maximum atomic E-state index is 8.14. The van der Waals surface area contributed by atoms with Crippen molar-refractivity contribution in [2.24, 2.45) is 0 Å². The van der Waals surface area contributed by atoms with E-state index in [9.17, 15) is 0 Å². The summed E-state index contributed by atoms with van der Waals surface area (Å²) in [6.07, 6.45) is 0.641. The molecule has 0 unspecified atom stereocenters. The predicted molar refractivity (Wildman–Crippen MR) is 139 cm³/mol. The monoisotopic (exact) mass is 479 g/mol. The average molecular weight is 480 g/mol. The van der Waals surface area contributed by atoms with Gasteiger partial charge in [-0.25, -0.2) is 0 Å². The standard InChI is InChI=1S/C26H20Cl2NPS/c27-20-16-17-25-24(18-20)29-26(31-25)19-30(28,21-10-4-1-5-11-21,22-12-6-2-7-13-22)23-14-8-3-9-15-23/h1-18H,19H2. The van der Waals surface area contributed by atoms with Crippen LogP contribution in [0.15, 0.2) is 109 Å². The Labute approximate surface area is 196 Å². The molecule has 1 aromatic heterocycles. The molecule has 0 radical (unpaired) electrons. The first-order valence-electron chi connectivity index (χ1n) is 10.0. The van der Waals surface area contributed by atoms with E-state index < -0.39 is 5.96 Å². The molecule has 0 N–H and O–H groups in total. The van der Waals surface area contributed by atoms with Gasteiger partial charge in [-0.3, -0.25) is 0 Å². The summed E-state index contributed by atoms with van der Waals surface area (Å²) >= 11 is 16.1. The SMILES string of the molecule is Clc1ccc2sc(CP(Cl)(c3ccccc3)(c3ccccc3)c3ccccc3)nc2c1. The van der Waals surface area contributed by atoms with Crippen molar-refractivity contribution >= 4 is 66.3 Å². The van der Waals surface area contributed by atoms with Crippen LogP contribution in [0.1, 0.15) is 5.01 Å². The fourth-order valence-electron chi connectivity index (χ4n) is 4.21. The number of halogens is 2. The van der Waals surface area contributed by atoms with Crippen molar-refractivity contribution in [3.8, 4) is 0 Å². The normalized spacial score (nSPS) is 13.0. The van der Waals surface area contributed by atoms with E-state index in [1.807, 2.05) is 36.4 Å². The molecular weight excluding hydrogens is 460 g/mol. The van der Waals surface area contributed by atoms with Crippen LogP contribution in [0.3, 0.4) is 0 Å². The Kier molecular flexibility index (Phi) is 5.36. The fraction of sp³-hybridized carbons (Fsp3) is 0.0385. The number of rotatable bonds is 5. The number of nitrogens with zero attached hydrogens (tertiary/aromatic N) is 1. The van der Waals surface area contributed by atoms with Crippen LogP contribution < -0.4 is 15.9 Å². The van der Waals surface area contributed by atoms with Crippen molar-refractivity contribution in [1.82, 2.24) is 4.98 Å². The molecule has 0 atom stereocenters. The summed E-state index contributed by atoms with van der Waals surface area (Å²) in [5, 5.41) is 5.14. The van der Waals surface area contributed by atoms with Crippen molar-refractivity contribution in [2.75, 3.05) is 0 Å². The molecule has 5 rings (SSSR count). The van der Waals surface area contributed by atoms with Crippen LogP contribution in [0.5, 0.6) is 0 Å². The second kappa shape index (κ2) is 8.04. The Morgan fingerprint density at radius 2 is 1.16 bits per heavy atom. The second-order valence-electron chi connectivity index (χ2n) is 7.57. The van der Waals surface area contributed by atoms with Gasteiger partial charge in [0.25, 0.3) is 0 Å². The Bertz CT molecular complexity index is 1240. The first-order chi connectivity index (χ1) is 15.1. The van der Waals surface area contributed by atoms with E-state index in [0.717, 1.165) is 31.1 Å². The van der Waals surface area contributed by atoms with Gasteiger partial charge in [0.15, 0.2) is 0 Å². The number of fused-ring (bicyclic) bond motifs is 1. The third-order valence-corrected chi connectivity index (χ3v) is 14.3. The van der Waals surface area contributed by atoms with Crippen LogP contribution in [0.25, 0.3) is 10.2 Å². The van der Waals surface area contributed by atoms with Gasteiger partial charge in [0.05, 0.1) is 0 Å². The molecule has 0 aliphatic rings. The molecule has 5 aromatic rings. The van der Waals surface area contributed by atoms with Crippen LogP contribution in [0.2, 0.25) is 5.02 Å². The van der Waals surface area contributed by atoms with Gasteiger partial charge < -0.3 is 0 Å². The molecule has 0 saturated carbocycles. The molecule has 5 heteroatoms. The van der Waals surface area contributed by atoms with E-state index >= 15 is 0 Å². The fourth-order valence-corrected chi connectivity index (χ4v) is 12.1. The van der Waals surface area contributed by atoms with E-state index in [0.29, 0.717) is 11.2 Å². The summed E-state index contributed by atoms with van der Waals surface area (Å²) in [5.41, 5.74) is 0.920. The molecular formula is C26H20Cl2NPS. The summed E-state index contributed by atoms with van der Waals surface area (Å²) in [7, 11) is 0. The molecule has 4 aromatic carbocycles. The average Bonchev–Trinajstić information content (AvgIpc) is 3.22. The molecule has 0 aliphatic carbocycles. The van der Waals surface area contributed by atoms with Gasteiger partial charge in [0, 0.05) is 0 Å². The van der Waals surface area contributed by atoms with E-state index in [-0.39, 0.29) is 0 Å². The Morgan fingerprint density at radius 1 is 0.677 bits per heavy atom. The zero-order chi connectivity index (χ0) is 21.3. The zero-order valence-electron chi connectivity index (χ0n) is 16.7. The van der Waals surface area contributed by atoms with E-state index in [1.54, 1.807) is 11.3 Å². The predicted octanol–water partition coefficient (Wildman–Crippen LogP) is 7.13.